The highest BCUT2D eigenvalue weighted by Gasteiger charge is 2.37. The van der Waals surface area contributed by atoms with Crippen LogP contribution in [-0.2, 0) is 4.74 Å². The standard InChI is InChI=1S/C15H30O2/c1-6-12(16)10-17-14-9-11(2)7-8-13(14)15(3,4)5/h11-14,16H,6-10H2,1-5H3. The van der Waals surface area contributed by atoms with Gasteiger partial charge in [-0.25, -0.2) is 0 Å². The third-order valence-corrected chi connectivity index (χ3v) is 4.14. The first-order chi connectivity index (χ1) is 7.84. The molecule has 0 spiro atoms. The molecule has 4 atom stereocenters. The Morgan fingerprint density at radius 3 is 2.47 bits per heavy atom. The molecular weight excluding hydrogens is 212 g/mol. The average molecular weight is 242 g/mol. The van der Waals surface area contributed by atoms with Gasteiger partial charge in [-0.3, -0.25) is 0 Å². The van der Waals surface area contributed by atoms with E-state index in [0.717, 1.165) is 18.8 Å². The van der Waals surface area contributed by atoms with Crippen LogP contribution in [0.4, 0.5) is 0 Å². The van der Waals surface area contributed by atoms with Gasteiger partial charge in [-0.1, -0.05) is 41.0 Å². The number of aliphatic hydroxyl groups excluding tert-OH is 1. The second-order valence-electron chi connectivity index (χ2n) is 6.82. The molecule has 0 heterocycles. The van der Waals surface area contributed by atoms with Crippen molar-refractivity contribution in [3.63, 3.8) is 0 Å². The molecule has 1 aliphatic rings. The second kappa shape index (κ2) is 6.19. The maximum absolute atomic E-state index is 9.62. The molecule has 4 unspecified atom stereocenters. The van der Waals surface area contributed by atoms with E-state index in [2.05, 4.69) is 27.7 Å². The summed E-state index contributed by atoms with van der Waals surface area (Å²) in [7, 11) is 0. The SMILES string of the molecule is CCC(O)COC1CC(C)CCC1C(C)(C)C. The summed E-state index contributed by atoms with van der Waals surface area (Å²) in [5.41, 5.74) is 0.308. The van der Waals surface area contributed by atoms with E-state index in [1.807, 2.05) is 6.92 Å². The fourth-order valence-electron chi connectivity index (χ4n) is 2.86. The minimum absolute atomic E-state index is 0.298. The fourth-order valence-corrected chi connectivity index (χ4v) is 2.86. The summed E-state index contributed by atoms with van der Waals surface area (Å²) < 4.78 is 6.00. The number of ether oxygens (including phenoxy) is 1. The molecule has 1 rings (SSSR count). The largest absolute Gasteiger partial charge is 0.391 e. The molecule has 1 fully saturated rings. The second-order valence-corrected chi connectivity index (χ2v) is 6.82. The molecule has 0 aromatic carbocycles. The van der Waals surface area contributed by atoms with Gasteiger partial charge in [0.2, 0.25) is 0 Å². The van der Waals surface area contributed by atoms with Crippen molar-refractivity contribution in [1.82, 2.24) is 0 Å². The molecule has 0 radical (unpaired) electrons. The molecule has 1 aliphatic carbocycles. The molecule has 0 aliphatic heterocycles. The van der Waals surface area contributed by atoms with E-state index >= 15 is 0 Å². The summed E-state index contributed by atoms with van der Waals surface area (Å²) in [5, 5.41) is 9.62. The summed E-state index contributed by atoms with van der Waals surface area (Å²) in [4.78, 5) is 0. The maximum Gasteiger partial charge on any atom is 0.0771 e. The van der Waals surface area contributed by atoms with E-state index in [1.165, 1.54) is 12.8 Å². The Bertz CT molecular complexity index is 219. The molecular formula is C15H30O2. The van der Waals surface area contributed by atoms with Crippen molar-refractivity contribution in [2.75, 3.05) is 6.61 Å². The molecule has 0 aromatic rings. The van der Waals surface area contributed by atoms with Crippen molar-refractivity contribution in [3.05, 3.63) is 0 Å². The first-order valence-electron chi connectivity index (χ1n) is 7.14. The van der Waals surface area contributed by atoms with Gasteiger partial charge in [-0.05, 0) is 36.5 Å². The van der Waals surface area contributed by atoms with E-state index in [-0.39, 0.29) is 6.10 Å². The zero-order chi connectivity index (χ0) is 13.1. The van der Waals surface area contributed by atoms with Gasteiger partial charge in [-0.15, -0.1) is 0 Å². The number of hydrogen-bond donors (Lipinski definition) is 1. The minimum atomic E-state index is -0.298. The van der Waals surface area contributed by atoms with Gasteiger partial charge >= 0.3 is 0 Å². The predicted octanol–water partition coefficient (Wildman–Crippen LogP) is 3.62. The molecule has 0 saturated heterocycles. The lowest BCUT2D eigenvalue weighted by Gasteiger charge is -2.42. The Kier molecular flexibility index (Phi) is 5.46. The Morgan fingerprint density at radius 2 is 1.94 bits per heavy atom. The van der Waals surface area contributed by atoms with Crippen LogP contribution >= 0.6 is 0 Å². The van der Waals surface area contributed by atoms with Crippen LogP contribution in [0, 0.1) is 17.3 Å². The van der Waals surface area contributed by atoms with Crippen LogP contribution in [0.3, 0.4) is 0 Å². The van der Waals surface area contributed by atoms with Gasteiger partial charge < -0.3 is 9.84 Å². The van der Waals surface area contributed by atoms with Gasteiger partial charge in [0.15, 0.2) is 0 Å². The zero-order valence-electron chi connectivity index (χ0n) is 12.2. The number of rotatable bonds is 4. The quantitative estimate of drug-likeness (QED) is 0.816. The van der Waals surface area contributed by atoms with Crippen LogP contribution < -0.4 is 0 Å². The monoisotopic (exact) mass is 242 g/mol. The third kappa shape index (κ3) is 4.59. The van der Waals surface area contributed by atoms with Crippen molar-refractivity contribution in [1.29, 1.82) is 0 Å². The van der Waals surface area contributed by atoms with Crippen LogP contribution in [0.5, 0.6) is 0 Å². The van der Waals surface area contributed by atoms with E-state index in [1.54, 1.807) is 0 Å². The summed E-state index contributed by atoms with van der Waals surface area (Å²) in [6.07, 6.45) is 4.55. The number of aliphatic hydroxyl groups is 1. The summed E-state index contributed by atoms with van der Waals surface area (Å²) in [5.74, 6) is 1.39. The molecule has 1 saturated carbocycles. The first kappa shape index (κ1) is 15.0. The van der Waals surface area contributed by atoms with Crippen LogP contribution in [-0.4, -0.2) is 23.9 Å². The molecule has 2 heteroatoms. The van der Waals surface area contributed by atoms with Crippen molar-refractivity contribution in [2.24, 2.45) is 17.3 Å². The van der Waals surface area contributed by atoms with E-state index in [4.69, 9.17) is 4.74 Å². The van der Waals surface area contributed by atoms with Crippen molar-refractivity contribution in [2.45, 2.75) is 72.5 Å². The van der Waals surface area contributed by atoms with Crippen molar-refractivity contribution in [3.8, 4) is 0 Å². The Morgan fingerprint density at radius 1 is 1.29 bits per heavy atom. The molecule has 0 bridgehead atoms. The lowest BCUT2D eigenvalue weighted by molar-refractivity contribution is -0.0845. The zero-order valence-corrected chi connectivity index (χ0v) is 12.2. The normalized spacial score (nSPS) is 32.5. The first-order valence-corrected chi connectivity index (χ1v) is 7.14. The van der Waals surface area contributed by atoms with Gasteiger partial charge in [0.1, 0.15) is 0 Å². The molecule has 17 heavy (non-hydrogen) atoms. The van der Waals surface area contributed by atoms with Crippen LogP contribution in [0.15, 0.2) is 0 Å². The van der Waals surface area contributed by atoms with E-state index < -0.39 is 0 Å². The van der Waals surface area contributed by atoms with Gasteiger partial charge in [-0.2, -0.15) is 0 Å². The number of hydrogen-bond acceptors (Lipinski definition) is 2. The molecule has 2 nitrogen and oxygen atoms in total. The minimum Gasteiger partial charge on any atom is -0.391 e. The average Bonchev–Trinajstić information content (AvgIpc) is 2.24. The lowest BCUT2D eigenvalue weighted by atomic mass is 9.68. The highest BCUT2D eigenvalue weighted by molar-refractivity contribution is 4.86. The predicted molar refractivity (Wildman–Crippen MR) is 72.0 cm³/mol. The summed E-state index contributed by atoms with van der Waals surface area (Å²) in [6, 6.07) is 0. The lowest BCUT2D eigenvalue weighted by Crippen LogP contribution is -2.40. The van der Waals surface area contributed by atoms with Crippen LogP contribution in [0.25, 0.3) is 0 Å². The molecule has 0 amide bonds. The Labute approximate surface area is 107 Å². The molecule has 102 valence electrons. The smallest absolute Gasteiger partial charge is 0.0771 e. The third-order valence-electron chi connectivity index (χ3n) is 4.14. The highest BCUT2D eigenvalue weighted by atomic mass is 16.5. The van der Waals surface area contributed by atoms with E-state index in [9.17, 15) is 5.11 Å². The maximum atomic E-state index is 9.62. The fraction of sp³-hybridized carbons (Fsp3) is 1.00. The molecule has 1 N–H and O–H groups in total. The summed E-state index contributed by atoms with van der Waals surface area (Å²) in [6.45, 7) is 11.7. The van der Waals surface area contributed by atoms with Crippen molar-refractivity contribution >= 4 is 0 Å². The van der Waals surface area contributed by atoms with Gasteiger partial charge in [0, 0.05) is 0 Å². The van der Waals surface area contributed by atoms with E-state index in [0.29, 0.717) is 24.0 Å². The summed E-state index contributed by atoms with van der Waals surface area (Å²) >= 11 is 0. The van der Waals surface area contributed by atoms with Gasteiger partial charge in [0.25, 0.3) is 0 Å². The Hall–Kier alpha value is -0.0800. The highest BCUT2D eigenvalue weighted by Crippen LogP contribution is 2.41. The van der Waals surface area contributed by atoms with Crippen molar-refractivity contribution < 1.29 is 9.84 Å². The molecule has 0 aromatic heterocycles. The van der Waals surface area contributed by atoms with Crippen LogP contribution in [0.1, 0.15) is 60.3 Å². The van der Waals surface area contributed by atoms with Gasteiger partial charge in [0.05, 0.1) is 18.8 Å². The topological polar surface area (TPSA) is 29.5 Å². The Balaban J connectivity index is 2.56. The van der Waals surface area contributed by atoms with Crippen LogP contribution in [0.2, 0.25) is 0 Å².